The van der Waals surface area contributed by atoms with Gasteiger partial charge in [-0.2, -0.15) is 5.10 Å². The molecular formula is C32H28F3N11O2. The highest BCUT2D eigenvalue weighted by Gasteiger charge is 2.41. The number of imidazole rings is 1. The Labute approximate surface area is 271 Å². The molecular weight excluding hydrogens is 627 g/mol. The highest BCUT2D eigenvalue weighted by atomic mass is 19.1. The van der Waals surface area contributed by atoms with E-state index in [0.29, 0.717) is 59.0 Å². The van der Waals surface area contributed by atoms with Gasteiger partial charge in [0.15, 0.2) is 11.5 Å². The number of likely N-dealkylation sites (N-methyl/N-ethyl adjacent to an activating group) is 1. The number of amides is 1. The molecule has 2 aliphatic heterocycles. The molecule has 8 rings (SSSR count). The Hall–Kier alpha value is -5.64. The maximum atomic E-state index is 14.8. The van der Waals surface area contributed by atoms with Crippen molar-refractivity contribution in [3.63, 3.8) is 0 Å². The number of carbonyl (C=O) groups is 1. The van der Waals surface area contributed by atoms with E-state index in [0.717, 1.165) is 12.1 Å². The van der Waals surface area contributed by atoms with E-state index in [1.807, 2.05) is 9.47 Å². The van der Waals surface area contributed by atoms with Crippen LogP contribution in [0.25, 0.3) is 39.0 Å². The molecule has 6 aromatic rings. The highest BCUT2D eigenvalue weighted by Crippen LogP contribution is 2.34. The zero-order chi connectivity index (χ0) is 33.1. The van der Waals surface area contributed by atoms with Crippen molar-refractivity contribution in [3.05, 3.63) is 78.9 Å². The largest absolute Gasteiger partial charge is 0.378 e. The molecule has 0 spiro atoms. The molecule has 1 saturated heterocycles. The van der Waals surface area contributed by atoms with Crippen LogP contribution in [0.15, 0.2) is 61.4 Å². The summed E-state index contributed by atoms with van der Waals surface area (Å²) in [6, 6.07) is 6.73. The van der Waals surface area contributed by atoms with Crippen molar-refractivity contribution in [2.45, 2.75) is 31.2 Å². The summed E-state index contributed by atoms with van der Waals surface area (Å²) in [6.07, 6.45) is 5.99. The van der Waals surface area contributed by atoms with Crippen molar-refractivity contribution in [2.75, 3.05) is 37.5 Å². The van der Waals surface area contributed by atoms with E-state index in [9.17, 15) is 18.0 Å². The van der Waals surface area contributed by atoms with Crippen LogP contribution < -0.4 is 10.2 Å². The summed E-state index contributed by atoms with van der Waals surface area (Å²) < 4.78 is 52.2. The van der Waals surface area contributed by atoms with E-state index in [1.165, 1.54) is 35.4 Å². The summed E-state index contributed by atoms with van der Waals surface area (Å²) >= 11 is 0. The minimum atomic E-state index is -0.801. The summed E-state index contributed by atoms with van der Waals surface area (Å²) in [6.45, 7) is 0.912. The minimum absolute atomic E-state index is 0.0186. The van der Waals surface area contributed by atoms with Crippen LogP contribution in [0.2, 0.25) is 0 Å². The molecule has 0 radical (unpaired) electrons. The van der Waals surface area contributed by atoms with Crippen LogP contribution in [-0.4, -0.2) is 95.5 Å². The molecule has 1 amide bonds. The first-order chi connectivity index (χ1) is 23.3. The van der Waals surface area contributed by atoms with E-state index >= 15 is 0 Å². The molecule has 48 heavy (non-hydrogen) atoms. The number of hydrogen-bond acceptors (Lipinski definition) is 10. The van der Waals surface area contributed by atoms with Gasteiger partial charge in [-0.25, -0.2) is 42.8 Å². The Morgan fingerprint density at radius 1 is 0.979 bits per heavy atom. The van der Waals surface area contributed by atoms with E-state index < -0.39 is 29.6 Å². The van der Waals surface area contributed by atoms with Gasteiger partial charge >= 0.3 is 0 Å². The van der Waals surface area contributed by atoms with Crippen LogP contribution in [0.4, 0.5) is 24.9 Å². The lowest BCUT2D eigenvalue weighted by molar-refractivity contribution is -0.132. The topological polar surface area (TPSA) is 132 Å². The molecule has 6 heterocycles. The first-order valence-corrected chi connectivity index (χ1v) is 15.2. The van der Waals surface area contributed by atoms with Crippen molar-refractivity contribution in [3.8, 4) is 16.9 Å². The first kappa shape index (κ1) is 29.7. The van der Waals surface area contributed by atoms with E-state index in [4.69, 9.17) is 9.72 Å². The van der Waals surface area contributed by atoms with Crippen LogP contribution in [0, 0.1) is 17.5 Å². The van der Waals surface area contributed by atoms with Gasteiger partial charge in [0.2, 0.25) is 11.9 Å². The van der Waals surface area contributed by atoms with Gasteiger partial charge in [-0.05, 0) is 30.7 Å². The fraction of sp³-hybridized carbons (Fsp3) is 0.281. The molecule has 1 fully saturated rings. The number of ether oxygens (including phenoxy) is 1. The SMILES string of the molecule is CO[C@@H]1CN(C)C(=O)[C@@H]2C[C@@H](CN2c2ncnc3c2cnn3-c2ccc(F)cc2F)Nc2nccc(n2)-c2cc(F)cc3ncn(c23)C1. The average Bonchev–Trinajstić information content (AvgIpc) is 3.80. The smallest absolute Gasteiger partial charge is 0.245 e. The number of nitrogens with zero attached hydrogens (tertiary/aromatic N) is 10. The number of anilines is 2. The van der Waals surface area contributed by atoms with Crippen LogP contribution in [-0.2, 0) is 16.1 Å². The predicted molar refractivity (Wildman–Crippen MR) is 169 cm³/mol. The van der Waals surface area contributed by atoms with Gasteiger partial charge in [0, 0.05) is 57.2 Å². The second kappa shape index (κ2) is 11.6. The summed E-state index contributed by atoms with van der Waals surface area (Å²) in [4.78, 5) is 40.2. The Kier molecular flexibility index (Phi) is 7.16. The maximum Gasteiger partial charge on any atom is 0.245 e. The third-order valence-corrected chi connectivity index (χ3v) is 8.87. The Bertz CT molecular complexity index is 2210. The van der Waals surface area contributed by atoms with Crippen molar-refractivity contribution in [1.29, 1.82) is 0 Å². The minimum Gasteiger partial charge on any atom is -0.378 e. The quantitative estimate of drug-likeness (QED) is 0.302. The number of carbonyl (C=O) groups excluding carboxylic acids is 1. The Morgan fingerprint density at radius 3 is 2.69 bits per heavy atom. The van der Waals surface area contributed by atoms with Crippen molar-refractivity contribution in [1.82, 2.24) is 44.2 Å². The zero-order valence-electron chi connectivity index (χ0n) is 25.8. The number of methoxy groups -OCH3 is 1. The lowest BCUT2D eigenvalue weighted by atomic mass is 10.1. The number of hydrogen-bond donors (Lipinski definition) is 1. The van der Waals surface area contributed by atoms with Crippen molar-refractivity contribution in [2.24, 2.45) is 0 Å². The van der Waals surface area contributed by atoms with Crippen LogP contribution >= 0.6 is 0 Å². The molecule has 2 aromatic carbocycles. The fourth-order valence-corrected chi connectivity index (χ4v) is 6.64. The summed E-state index contributed by atoms with van der Waals surface area (Å²) in [5.74, 6) is -1.40. The molecule has 13 nitrogen and oxygen atoms in total. The van der Waals surface area contributed by atoms with Gasteiger partial charge in [0.25, 0.3) is 0 Å². The van der Waals surface area contributed by atoms with Gasteiger partial charge in [0.05, 0.1) is 47.3 Å². The number of aromatic nitrogens is 8. The summed E-state index contributed by atoms with van der Waals surface area (Å²) in [7, 11) is 3.30. The molecule has 0 saturated carbocycles. The molecule has 2 aliphatic rings. The summed E-state index contributed by atoms with van der Waals surface area (Å²) in [5, 5.41) is 8.19. The number of rotatable bonds is 3. The lowest BCUT2D eigenvalue weighted by Crippen LogP contribution is -2.47. The first-order valence-electron chi connectivity index (χ1n) is 15.2. The van der Waals surface area contributed by atoms with E-state index in [1.54, 1.807) is 37.6 Å². The van der Waals surface area contributed by atoms with Gasteiger partial charge in [0.1, 0.15) is 35.5 Å². The number of benzene rings is 2. The molecule has 1 N–H and O–H groups in total. The van der Waals surface area contributed by atoms with Crippen molar-refractivity contribution < 1.29 is 22.7 Å². The molecule has 244 valence electrons. The maximum absolute atomic E-state index is 14.8. The predicted octanol–water partition coefficient (Wildman–Crippen LogP) is 3.59. The lowest BCUT2D eigenvalue weighted by Gasteiger charge is -2.30. The van der Waals surface area contributed by atoms with Crippen LogP contribution in [0.5, 0.6) is 0 Å². The molecule has 4 bridgehead atoms. The second-order valence-electron chi connectivity index (χ2n) is 11.9. The van der Waals surface area contributed by atoms with Gasteiger partial charge in [-0.1, -0.05) is 0 Å². The fourth-order valence-electron chi connectivity index (χ4n) is 6.64. The van der Waals surface area contributed by atoms with Crippen molar-refractivity contribution >= 4 is 39.7 Å². The Balaban J connectivity index is 1.22. The second-order valence-corrected chi connectivity index (χ2v) is 11.9. The zero-order valence-corrected chi connectivity index (χ0v) is 25.8. The van der Waals surface area contributed by atoms with E-state index in [-0.39, 0.29) is 29.8 Å². The third kappa shape index (κ3) is 5.04. The number of fused-ring (bicyclic) bond motifs is 6. The van der Waals surface area contributed by atoms with Gasteiger partial charge in [-0.15, -0.1) is 0 Å². The highest BCUT2D eigenvalue weighted by molar-refractivity contribution is 5.93. The molecule has 3 atom stereocenters. The van der Waals surface area contributed by atoms with Crippen LogP contribution in [0.1, 0.15) is 6.42 Å². The monoisotopic (exact) mass is 655 g/mol. The average molecular weight is 656 g/mol. The molecule has 0 aliphatic carbocycles. The number of halogens is 3. The third-order valence-electron chi connectivity index (χ3n) is 8.87. The number of nitrogens with one attached hydrogen (secondary N) is 1. The Morgan fingerprint density at radius 2 is 1.85 bits per heavy atom. The molecule has 4 aromatic heterocycles. The standard InChI is InChI=1S/C32H28F3N11O2/c1-43-13-20(48-2)14-44-16-39-25-9-18(34)7-21(28(25)44)24-5-6-36-32(42-24)41-19-10-27(31(43)47)45(12-19)29-22-11-40-46(30(22)38-15-37-29)26-4-3-17(33)8-23(26)35/h3-9,11,15-16,19-20,27H,10,12-14H2,1-2H3,(H,36,41,42)/t19-,20+,27-/m0/s1. The van der Waals surface area contributed by atoms with Crippen LogP contribution in [0.3, 0.4) is 0 Å². The van der Waals surface area contributed by atoms with E-state index in [2.05, 4.69) is 30.4 Å². The normalized spacial score (nSPS) is 19.9. The molecule has 16 heteroatoms. The van der Waals surface area contributed by atoms with Gasteiger partial charge in [-0.3, -0.25) is 4.79 Å². The molecule has 0 unspecified atom stereocenters. The van der Waals surface area contributed by atoms with Gasteiger partial charge < -0.3 is 24.4 Å². The summed E-state index contributed by atoms with van der Waals surface area (Å²) in [5.41, 5.74) is 2.51.